The van der Waals surface area contributed by atoms with Crippen LogP contribution in [0.5, 0.6) is 0 Å². The molecule has 112 valence electrons. The average molecular weight is 285 g/mol. The minimum absolute atomic E-state index is 0.235. The van der Waals surface area contributed by atoms with Crippen LogP contribution in [-0.2, 0) is 6.18 Å². The molecule has 2 rings (SSSR count). The summed E-state index contributed by atoms with van der Waals surface area (Å²) >= 11 is 0. The van der Waals surface area contributed by atoms with Gasteiger partial charge in [-0.05, 0) is 60.8 Å². The van der Waals surface area contributed by atoms with E-state index in [-0.39, 0.29) is 11.3 Å². The minimum Gasteiger partial charge on any atom is -0.330 e. The van der Waals surface area contributed by atoms with E-state index in [9.17, 15) is 13.2 Å². The standard InChI is InChI=1S/C16H22F3N/c1-15(2)8-7-12(10-20)14(9-15)11-3-5-13(6-4-11)16(17,18)19/h3-6,12,14H,7-10,20H2,1-2H3. The minimum atomic E-state index is -4.27. The second kappa shape index (κ2) is 5.40. The zero-order chi connectivity index (χ0) is 15.0. The molecule has 0 aliphatic heterocycles. The highest BCUT2D eigenvalue weighted by Crippen LogP contribution is 2.46. The summed E-state index contributed by atoms with van der Waals surface area (Å²) in [6.45, 7) is 5.04. The number of hydrogen-bond acceptors (Lipinski definition) is 1. The summed E-state index contributed by atoms with van der Waals surface area (Å²) in [7, 11) is 0. The lowest BCUT2D eigenvalue weighted by molar-refractivity contribution is -0.137. The second-order valence-electron chi connectivity index (χ2n) is 6.63. The molecule has 2 N–H and O–H groups in total. The van der Waals surface area contributed by atoms with Crippen LogP contribution in [0.2, 0.25) is 0 Å². The first-order valence-electron chi connectivity index (χ1n) is 7.10. The number of alkyl halides is 3. The lowest BCUT2D eigenvalue weighted by Crippen LogP contribution is -2.32. The van der Waals surface area contributed by atoms with E-state index in [1.807, 2.05) is 0 Å². The van der Waals surface area contributed by atoms with Crippen molar-refractivity contribution < 1.29 is 13.2 Å². The van der Waals surface area contributed by atoms with Gasteiger partial charge >= 0.3 is 6.18 Å². The van der Waals surface area contributed by atoms with Gasteiger partial charge in [0.1, 0.15) is 0 Å². The summed E-state index contributed by atoms with van der Waals surface area (Å²) in [6.07, 6.45) is -1.10. The van der Waals surface area contributed by atoms with Crippen LogP contribution >= 0.6 is 0 Å². The molecule has 1 nitrogen and oxygen atoms in total. The molecule has 0 radical (unpaired) electrons. The third kappa shape index (κ3) is 3.35. The normalized spacial score (nSPS) is 26.5. The summed E-state index contributed by atoms with van der Waals surface area (Å²) in [5, 5.41) is 0. The number of benzene rings is 1. The monoisotopic (exact) mass is 285 g/mol. The molecule has 1 aliphatic rings. The summed E-state index contributed by atoms with van der Waals surface area (Å²) < 4.78 is 37.8. The third-order valence-electron chi connectivity index (χ3n) is 4.50. The van der Waals surface area contributed by atoms with Crippen molar-refractivity contribution >= 4 is 0 Å². The summed E-state index contributed by atoms with van der Waals surface area (Å²) in [6, 6.07) is 5.62. The highest BCUT2D eigenvalue weighted by Gasteiger charge is 2.36. The lowest BCUT2D eigenvalue weighted by Gasteiger charge is -2.40. The van der Waals surface area contributed by atoms with Crippen molar-refractivity contribution in [1.82, 2.24) is 0 Å². The van der Waals surface area contributed by atoms with Crippen molar-refractivity contribution in [1.29, 1.82) is 0 Å². The third-order valence-corrected chi connectivity index (χ3v) is 4.50. The molecular weight excluding hydrogens is 263 g/mol. The van der Waals surface area contributed by atoms with Gasteiger partial charge in [-0.1, -0.05) is 26.0 Å². The predicted molar refractivity (Wildman–Crippen MR) is 74.4 cm³/mol. The molecule has 1 fully saturated rings. The first-order valence-corrected chi connectivity index (χ1v) is 7.10. The average Bonchev–Trinajstić information content (AvgIpc) is 2.37. The van der Waals surface area contributed by atoms with Crippen molar-refractivity contribution in [2.45, 2.75) is 45.2 Å². The molecule has 1 aliphatic carbocycles. The zero-order valence-electron chi connectivity index (χ0n) is 12.0. The van der Waals surface area contributed by atoms with E-state index in [0.29, 0.717) is 12.5 Å². The molecule has 0 heterocycles. The molecule has 0 aromatic heterocycles. The number of halogens is 3. The van der Waals surface area contributed by atoms with Crippen LogP contribution in [0.15, 0.2) is 24.3 Å². The topological polar surface area (TPSA) is 26.0 Å². The first kappa shape index (κ1) is 15.4. The molecule has 0 bridgehead atoms. The van der Waals surface area contributed by atoms with E-state index >= 15 is 0 Å². The van der Waals surface area contributed by atoms with E-state index < -0.39 is 11.7 Å². The first-order chi connectivity index (χ1) is 9.23. The highest BCUT2D eigenvalue weighted by atomic mass is 19.4. The zero-order valence-corrected chi connectivity index (χ0v) is 12.0. The maximum atomic E-state index is 12.6. The largest absolute Gasteiger partial charge is 0.416 e. The fourth-order valence-corrected chi connectivity index (χ4v) is 3.23. The molecule has 0 amide bonds. The van der Waals surface area contributed by atoms with Gasteiger partial charge in [-0.15, -0.1) is 0 Å². The maximum Gasteiger partial charge on any atom is 0.416 e. The Bertz CT molecular complexity index is 448. The molecule has 1 saturated carbocycles. The Morgan fingerprint density at radius 1 is 1.20 bits per heavy atom. The number of hydrogen-bond donors (Lipinski definition) is 1. The molecule has 0 saturated heterocycles. The van der Waals surface area contributed by atoms with Gasteiger partial charge in [0, 0.05) is 0 Å². The van der Waals surface area contributed by atoms with Crippen LogP contribution in [0.4, 0.5) is 13.2 Å². The van der Waals surface area contributed by atoms with Gasteiger partial charge in [-0.2, -0.15) is 13.2 Å². The Kier molecular flexibility index (Phi) is 4.14. The fourth-order valence-electron chi connectivity index (χ4n) is 3.23. The van der Waals surface area contributed by atoms with Crippen LogP contribution in [-0.4, -0.2) is 6.54 Å². The SMILES string of the molecule is CC1(C)CCC(CN)C(c2ccc(C(F)(F)F)cc2)C1. The van der Waals surface area contributed by atoms with Crippen molar-refractivity contribution in [2.75, 3.05) is 6.54 Å². The van der Waals surface area contributed by atoms with Crippen molar-refractivity contribution in [3.63, 3.8) is 0 Å². The predicted octanol–water partition coefficient (Wildman–Crippen LogP) is 4.57. The molecule has 2 unspecified atom stereocenters. The number of rotatable bonds is 2. The highest BCUT2D eigenvalue weighted by molar-refractivity contribution is 5.28. The number of nitrogens with two attached hydrogens (primary N) is 1. The quantitative estimate of drug-likeness (QED) is 0.846. The van der Waals surface area contributed by atoms with Crippen LogP contribution in [0.1, 0.15) is 50.2 Å². The van der Waals surface area contributed by atoms with E-state index in [1.165, 1.54) is 12.1 Å². The molecule has 1 aromatic rings. The molecule has 0 spiro atoms. The summed E-state index contributed by atoms with van der Waals surface area (Å²) in [5.41, 5.74) is 6.48. The van der Waals surface area contributed by atoms with Gasteiger partial charge in [0.15, 0.2) is 0 Å². The van der Waals surface area contributed by atoms with Crippen molar-refractivity contribution in [2.24, 2.45) is 17.1 Å². The molecule has 2 atom stereocenters. The van der Waals surface area contributed by atoms with Crippen molar-refractivity contribution in [3.8, 4) is 0 Å². The van der Waals surface area contributed by atoms with E-state index in [2.05, 4.69) is 13.8 Å². The Morgan fingerprint density at radius 3 is 2.30 bits per heavy atom. The fraction of sp³-hybridized carbons (Fsp3) is 0.625. The van der Waals surface area contributed by atoms with E-state index in [0.717, 1.165) is 24.8 Å². The molecular formula is C16H22F3N. The summed E-state index contributed by atoms with van der Waals surface area (Å²) in [4.78, 5) is 0. The van der Waals surface area contributed by atoms with E-state index in [1.54, 1.807) is 12.1 Å². The smallest absolute Gasteiger partial charge is 0.330 e. The van der Waals surface area contributed by atoms with Crippen LogP contribution in [0, 0.1) is 11.3 Å². The molecule has 4 heteroatoms. The second-order valence-corrected chi connectivity index (χ2v) is 6.63. The Morgan fingerprint density at radius 2 is 1.80 bits per heavy atom. The van der Waals surface area contributed by atoms with Gasteiger partial charge in [0.05, 0.1) is 5.56 Å². The molecule has 1 aromatic carbocycles. The van der Waals surface area contributed by atoms with Crippen molar-refractivity contribution in [3.05, 3.63) is 35.4 Å². The summed E-state index contributed by atoms with van der Waals surface area (Å²) in [5.74, 6) is 0.644. The van der Waals surface area contributed by atoms with Gasteiger partial charge in [0.2, 0.25) is 0 Å². The van der Waals surface area contributed by atoms with Gasteiger partial charge in [-0.25, -0.2) is 0 Å². The van der Waals surface area contributed by atoms with Gasteiger partial charge in [-0.3, -0.25) is 0 Å². The van der Waals surface area contributed by atoms with Gasteiger partial charge < -0.3 is 5.73 Å². The van der Waals surface area contributed by atoms with Gasteiger partial charge in [0.25, 0.3) is 0 Å². The van der Waals surface area contributed by atoms with E-state index in [4.69, 9.17) is 5.73 Å². The Labute approximate surface area is 118 Å². The molecule has 20 heavy (non-hydrogen) atoms. The Hall–Kier alpha value is -1.03. The lowest BCUT2D eigenvalue weighted by atomic mass is 9.65. The maximum absolute atomic E-state index is 12.6. The van der Waals surface area contributed by atoms with Crippen LogP contribution < -0.4 is 5.73 Å². The Balaban J connectivity index is 2.24. The van der Waals surface area contributed by atoms with Crippen LogP contribution in [0.25, 0.3) is 0 Å². The van der Waals surface area contributed by atoms with Crippen LogP contribution in [0.3, 0.4) is 0 Å².